The van der Waals surface area contributed by atoms with Crippen LogP contribution in [0.4, 0.5) is 0 Å². The zero-order valence-corrected chi connectivity index (χ0v) is 9.99. The molecule has 0 N–H and O–H groups in total. The minimum absolute atomic E-state index is 0.318. The number of aryl methyl sites for hydroxylation is 1. The van der Waals surface area contributed by atoms with Gasteiger partial charge in [0.15, 0.2) is 5.78 Å². The Balaban J connectivity index is 2.40. The second-order valence-corrected chi connectivity index (χ2v) is 5.06. The van der Waals surface area contributed by atoms with E-state index >= 15 is 0 Å². The second-order valence-electron chi connectivity index (χ2n) is 4.14. The molecule has 0 spiro atoms. The lowest BCUT2D eigenvalue weighted by Crippen LogP contribution is -1.99. The molecule has 1 nitrogen and oxygen atoms in total. The molecule has 1 rings (SSSR count). The number of hydrogen-bond acceptors (Lipinski definition) is 2. The summed E-state index contributed by atoms with van der Waals surface area (Å²) < 4.78 is 0. The van der Waals surface area contributed by atoms with Gasteiger partial charge in [0.2, 0.25) is 0 Å². The Bertz CT molecular complexity index is 299. The van der Waals surface area contributed by atoms with Crippen molar-refractivity contribution in [3.63, 3.8) is 0 Å². The molecule has 0 amide bonds. The summed E-state index contributed by atoms with van der Waals surface area (Å²) in [5.74, 6) is 1.02. The molecule has 0 bridgehead atoms. The number of hydrogen-bond donors (Lipinski definition) is 0. The van der Waals surface area contributed by atoms with E-state index < -0.39 is 0 Å². The fraction of sp³-hybridized carbons (Fsp3) is 0.583. The monoisotopic (exact) mass is 210 g/mol. The summed E-state index contributed by atoms with van der Waals surface area (Å²) in [6.07, 6.45) is 2.88. The second kappa shape index (κ2) is 5.30. The molecule has 0 aromatic carbocycles. The Hall–Kier alpha value is -0.630. The van der Waals surface area contributed by atoms with Gasteiger partial charge in [0.25, 0.3) is 0 Å². The highest BCUT2D eigenvalue weighted by molar-refractivity contribution is 7.12. The molecule has 14 heavy (non-hydrogen) atoms. The van der Waals surface area contributed by atoms with Crippen LogP contribution < -0.4 is 0 Å². The molecular formula is C12H18OS. The van der Waals surface area contributed by atoms with Crippen LogP contribution >= 0.6 is 11.3 Å². The van der Waals surface area contributed by atoms with Gasteiger partial charge in [-0.05, 0) is 36.3 Å². The quantitative estimate of drug-likeness (QED) is 0.670. The van der Waals surface area contributed by atoms with Gasteiger partial charge in [-0.25, -0.2) is 0 Å². The summed E-state index contributed by atoms with van der Waals surface area (Å²) in [5, 5.41) is 1.99. The van der Waals surface area contributed by atoms with Crippen molar-refractivity contribution < 1.29 is 4.79 Å². The number of ketones is 1. The first-order valence-corrected chi connectivity index (χ1v) is 6.06. The van der Waals surface area contributed by atoms with Gasteiger partial charge in [-0.3, -0.25) is 4.79 Å². The highest BCUT2D eigenvalue weighted by atomic mass is 32.1. The molecule has 0 saturated heterocycles. The largest absolute Gasteiger partial charge is 0.293 e. The van der Waals surface area contributed by atoms with Gasteiger partial charge in [0.05, 0.1) is 4.88 Å². The van der Waals surface area contributed by atoms with Gasteiger partial charge in [-0.15, -0.1) is 11.3 Å². The van der Waals surface area contributed by atoms with E-state index in [0.717, 1.165) is 23.3 Å². The molecule has 78 valence electrons. The van der Waals surface area contributed by atoms with E-state index in [1.54, 1.807) is 11.3 Å². The lowest BCUT2D eigenvalue weighted by atomic mass is 10.0. The molecule has 1 aromatic rings. The number of carbonyl (C=O) groups is 1. The summed E-state index contributed by atoms with van der Waals surface area (Å²) in [5.41, 5.74) is 1.13. The number of Topliss-reactive ketones (excluding diaryl/α,β-unsaturated/α-hetero) is 1. The van der Waals surface area contributed by atoms with Gasteiger partial charge in [-0.2, -0.15) is 0 Å². The zero-order valence-electron chi connectivity index (χ0n) is 9.17. The SMILES string of the molecule is Cc1ccsc1C(=O)CCCC(C)C. The summed E-state index contributed by atoms with van der Waals surface area (Å²) in [6, 6.07) is 2.01. The Morgan fingerprint density at radius 2 is 2.21 bits per heavy atom. The first-order valence-electron chi connectivity index (χ1n) is 5.18. The van der Waals surface area contributed by atoms with Gasteiger partial charge < -0.3 is 0 Å². The number of thiophene rings is 1. The number of carbonyl (C=O) groups excluding carboxylic acids is 1. The van der Waals surface area contributed by atoms with E-state index in [9.17, 15) is 4.79 Å². The predicted molar refractivity (Wildman–Crippen MR) is 62.1 cm³/mol. The molecular weight excluding hydrogens is 192 g/mol. The summed E-state index contributed by atoms with van der Waals surface area (Å²) in [7, 11) is 0. The van der Waals surface area contributed by atoms with Crippen LogP contribution in [0.5, 0.6) is 0 Å². The smallest absolute Gasteiger partial charge is 0.173 e. The van der Waals surface area contributed by atoms with Crippen molar-refractivity contribution in [3.05, 3.63) is 21.9 Å². The Labute approximate surface area is 90.2 Å². The molecule has 0 atom stereocenters. The van der Waals surface area contributed by atoms with Gasteiger partial charge >= 0.3 is 0 Å². The fourth-order valence-electron chi connectivity index (χ4n) is 1.44. The van der Waals surface area contributed by atoms with Crippen LogP contribution in [0, 0.1) is 12.8 Å². The van der Waals surface area contributed by atoms with Crippen LogP contribution in [-0.4, -0.2) is 5.78 Å². The van der Waals surface area contributed by atoms with E-state index in [0.29, 0.717) is 18.1 Å². The van der Waals surface area contributed by atoms with E-state index in [1.807, 2.05) is 18.4 Å². The molecule has 0 fully saturated rings. The molecule has 0 radical (unpaired) electrons. The van der Waals surface area contributed by atoms with Gasteiger partial charge in [0, 0.05) is 6.42 Å². The van der Waals surface area contributed by atoms with E-state index in [-0.39, 0.29) is 0 Å². The van der Waals surface area contributed by atoms with Crippen LogP contribution in [0.3, 0.4) is 0 Å². The van der Waals surface area contributed by atoms with Gasteiger partial charge in [0.1, 0.15) is 0 Å². The first-order chi connectivity index (χ1) is 6.61. The Morgan fingerprint density at radius 1 is 1.50 bits per heavy atom. The topological polar surface area (TPSA) is 17.1 Å². The van der Waals surface area contributed by atoms with E-state index in [2.05, 4.69) is 13.8 Å². The lowest BCUT2D eigenvalue weighted by molar-refractivity contribution is 0.0981. The van der Waals surface area contributed by atoms with Gasteiger partial charge in [-0.1, -0.05) is 20.3 Å². The van der Waals surface area contributed by atoms with Crippen molar-refractivity contribution >= 4 is 17.1 Å². The highest BCUT2D eigenvalue weighted by Gasteiger charge is 2.09. The van der Waals surface area contributed by atoms with Crippen molar-refractivity contribution in [1.29, 1.82) is 0 Å². The maximum atomic E-state index is 11.7. The highest BCUT2D eigenvalue weighted by Crippen LogP contribution is 2.19. The lowest BCUT2D eigenvalue weighted by Gasteiger charge is -2.03. The average molecular weight is 210 g/mol. The fourth-order valence-corrected chi connectivity index (χ4v) is 2.34. The molecule has 0 saturated carbocycles. The standard InChI is InChI=1S/C12H18OS/c1-9(2)5-4-6-11(13)12-10(3)7-8-14-12/h7-9H,4-6H2,1-3H3. The van der Waals surface area contributed by atoms with Crippen molar-refractivity contribution in [2.45, 2.75) is 40.0 Å². The maximum Gasteiger partial charge on any atom is 0.173 e. The number of rotatable bonds is 5. The third-order valence-electron chi connectivity index (χ3n) is 2.30. The summed E-state index contributed by atoms with van der Waals surface area (Å²) in [4.78, 5) is 12.7. The summed E-state index contributed by atoms with van der Waals surface area (Å²) in [6.45, 7) is 6.40. The van der Waals surface area contributed by atoms with Crippen LogP contribution in [0.2, 0.25) is 0 Å². The van der Waals surface area contributed by atoms with Crippen molar-refractivity contribution in [2.24, 2.45) is 5.92 Å². The van der Waals surface area contributed by atoms with Crippen molar-refractivity contribution in [1.82, 2.24) is 0 Å². The predicted octanol–water partition coefficient (Wildman–Crippen LogP) is 4.07. The zero-order chi connectivity index (χ0) is 10.6. The molecule has 0 unspecified atom stereocenters. The van der Waals surface area contributed by atoms with Crippen LogP contribution in [0.1, 0.15) is 48.3 Å². The normalized spacial score (nSPS) is 10.9. The van der Waals surface area contributed by atoms with Crippen LogP contribution in [0.25, 0.3) is 0 Å². The Kier molecular flexibility index (Phi) is 4.33. The van der Waals surface area contributed by atoms with Crippen LogP contribution in [0.15, 0.2) is 11.4 Å². The first kappa shape index (κ1) is 11.4. The molecule has 0 aliphatic rings. The molecule has 1 aromatic heterocycles. The van der Waals surface area contributed by atoms with E-state index in [4.69, 9.17) is 0 Å². The molecule has 2 heteroatoms. The Morgan fingerprint density at radius 3 is 2.71 bits per heavy atom. The van der Waals surface area contributed by atoms with Crippen LogP contribution in [-0.2, 0) is 0 Å². The minimum Gasteiger partial charge on any atom is -0.293 e. The summed E-state index contributed by atoms with van der Waals surface area (Å²) >= 11 is 1.57. The maximum absolute atomic E-state index is 11.7. The third kappa shape index (κ3) is 3.26. The van der Waals surface area contributed by atoms with Crippen molar-refractivity contribution in [2.75, 3.05) is 0 Å². The minimum atomic E-state index is 0.318. The van der Waals surface area contributed by atoms with Crippen molar-refractivity contribution in [3.8, 4) is 0 Å². The van der Waals surface area contributed by atoms with E-state index in [1.165, 1.54) is 0 Å². The molecule has 1 heterocycles. The average Bonchev–Trinajstić information content (AvgIpc) is 2.50. The third-order valence-corrected chi connectivity index (χ3v) is 3.36. The molecule has 0 aliphatic carbocycles. The molecule has 0 aliphatic heterocycles.